The molecule has 0 aromatic carbocycles. The zero-order chi connectivity index (χ0) is 6.41. The first-order chi connectivity index (χ1) is 3.81. The van der Waals surface area contributed by atoms with E-state index in [0.717, 1.165) is 6.26 Å². The molecule has 0 aliphatic rings. The first-order valence-electron chi connectivity index (χ1n) is 1.62. The van der Waals surface area contributed by atoms with E-state index < -0.39 is 8.25 Å². The fourth-order valence-electron chi connectivity index (χ4n) is 0.116. The summed E-state index contributed by atoms with van der Waals surface area (Å²) in [5, 5.41) is 7.69. The highest BCUT2D eigenvalue weighted by atomic mass is 31.1. The van der Waals surface area contributed by atoms with Crippen molar-refractivity contribution in [3.8, 4) is 6.26 Å². The molecule has 0 saturated carbocycles. The molecule has 0 N–H and O–H groups in total. The van der Waals surface area contributed by atoms with Crippen molar-refractivity contribution in [3.63, 3.8) is 0 Å². The van der Waals surface area contributed by atoms with Gasteiger partial charge < -0.3 is 0 Å². The van der Waals surface area contributed by atoms with Crippen LogP contribution in [-0.4, -0.2) is 0 Å². The van der Waals surface area contributed by atoms with Crippen LogP contribution in [0.15, 0.2) is 12.8 Å². The van der Waals surface area contributed by atoms with Gasteiger partial charge in [0.2, 0.25) is 0 Å². The van der Waals surface area contributed by atoms with Crippen molar-refractivity contribution in [2.24, 2.45) is 0 Å². The van der Waals surface area contributed by atoms with Crippen LogP contribution in [0, 0.1) is 11.5 Å². The lowest BCUT2D eigenvalue weighted by Gasteiger charge is -1.69. The second-order valence-electron chi connectivity index (χ2n) is 0.678. The smallest absolute Gasteiger partial charge is 0.230 e. The summed E-state index contributed by atoms with van der Waals surface area (Å²) in [5.41, 5.74) is 0. The van der Waals surface area contributed by atoms with E-state index in [1.807, 2.05) is 0 Å². The summed E-state index contributed by atoms with van der Waals surface area (Å²) in [6.45, 7) is 3.09. The number of hydrogen-bond donors (Lipinski definition) is 0. The number of nitriles is 1. The molecule has 0 amide bonds. The Kier molecular flexibility index (Phi) is 3.55. The summed E-state index contributed by atoms with van der Waals surface area (Å²) in [7, 11) is -2.31. The highest BCUT2D eigenvalue weighted by Crippen LogP contribution is 2.21. The van der Waals surface area contributed by atoms with Crippen LogP contribution in [0.1, 0.15) is 0 Å². The average molecular weight is 132 g/mol. The third kappa shape index (κ3) is 3.13. The van der Waals surface area contributed by atoms with E-state index in [9.17, 15) is 4.57 Å². The normalized spacial score (nSPS) is 8.62. The molecule has 1 atom stereocenters. The molecule has 0 saturated heterocycles. The predicted molar refractivity (Wildman–Crippen MR) is 25.6 cm³/mol. The first kappa shape index (κ1) is 6.93. The lowest BCUT2D eigenvalue weighted by Crippen LogP contribution is -1.65. The zero-order valence-electron chi connectivity index (χ0n) is 3.90. The zero-order valence-corrected chi connectivity index (χ0v) is 4.80. The summed E-state index contributed by atoms with van der Waals surface area (Å²) in [4.78, 5) is 0. The van der Waals surface area contributed by atoms with Crippen molar-refractivity contribution < 1.29 is 13.6 Å². The molecule has 0 heterocycles. The SMILES string of the molecule is C=CO[P+](=O)OC#N. The first-order valence-corrected chi connectivity index (χ1v) is 2.71. The van der Waals surface area contributed by atoms with Crippen LogP contribution < -0.4 is 0 Å². The molecule has 42 valence electrons. The molecule has 1 unspecified atom stereocenters. The number of rotatable bonds is 3. The topological polar surface area (TPSA) is 59.3 Å². The van der Waals surface area contributed by atoms with Crippen LogP contribution in [0.4, 0.5) is 0 Å². The molecule has 0 rings (SSSR count). The molecule has 0 aromatic heterocycles. The minimum absolute atomic E-state index is 0.941. The second kappa shape index (κ2) is 4.10. The van der Waals surface area contributed by atoms with Gasteiger partial charge in [-0.15, -0.1) is 9.79 Å². The molecule has 0 aromatic rings. The maximum Gasteiger partial charge on any atom is 0.816 e. The second-order valence-corrected chi connectivity index (χ2v) is 1.52. The molecule has 5 heteroatoms. The predicted octanol–water partition coefficient (Wildman–Crippen LogP) is 1.30. The van der Waals surface area contributed by atoms with Gasteiger partial charge in [0.05, 0.1) is 0 Å². The van der Waals surface area contributed by atoms with Crippen LogP contribution in [0.2, 0.25) is 0 Å². The summed E-state index contributed by atoms with van der Waals surface area (Å²) < 4.78 is 18.0. The van der Waals surface area contributed by atoms with E-state index >= 15 is 0 Å². The van der Waals surface area contributed by atoms with Crippen LogP contribution in [0.3, 0.4) is 0 Å². The standard InChI is InChI=1S/C3H3NO3P/c1-2-6-8(5)7-3-4/h2H,1H2/q+1. The summed E-state index contributed by atoms with van der Waals surface area (Å²) in [5.74, 6) is 0. The summed E-state index contributed by atoms with van der Waals surface area (Å²) in [6, 6.07) is 0. The highest BCUT2D eigenvalue weighted by molar-refractivity contribution is 7.33. The van der Waals surface area contributed by atoms with Crippen molar-refractivity contribution in [2.45, 2.75) is 0 Å². The molecule has 0 aliphatic carbocycles. The van der Waals surface area contributed by atoms with Gasteiger partial charge in [-0.3, -0.25) is 0 Å². The van der Waals surface area contributed by atoms with Gasteiger partial charge in [-0.05, 0) is 0 Å². The van der Waals surface area contributed by atoms with E-state index in [1.54, 1.807) is 0 Å². The minimum Gasteiger partial charge on any atom is -0.230 e. The Morgan fingerprint density at radius 3 is 2.88 bits per heavy atom. The average Bonchev–Trinajstić information content (AvgIpc) is 1.68. The molecule has 0 aliphatic heterocycles. The van der Waals surface area contributed by atoms with Gasteiger partial charge in [0.15, 0.2) is 0 Å². The third-order valence-electron chi connectivity index (χ3n) is 0.276. The molecule has 4 nitrogen and oxygen atoms in total. The van der Waals surface area contributed by atoms with Crippen molar-refractivity contribution in [1.29, 1.82) is 5.26 Å². The van der Waals surface area contributed by atoms with Gasteiger partial charge in [-0.2, -0.15) is 0 Å². The van der Waals surface area contributed by atoms with Crippen molar-refractivity contribution >= 4 is 8.25 Å². The Hall–Kier alpha value is -1.07. The van der Waals surface area contributed by atoms with E-state index in [4.69, 9.17) is 5.26 Å². The van der Waals surface area contributed by atoms with Gasteiger partial charge in [-0.1, -0.05) is 6.58 Å². The van der Waals surface area contributed by atoms with Crippen LogP contribution in [-0.2, 0) is 13.6 Å². The summed E-state index contributed by atoms with van der Waals surface area (Å²) >= 11 is 0. The Bertz CT molecular complexity index is 138. The van der Waals surface area contributed by atoms with E-state index in [0.29, 0.717) is 0 Å². The lowest BCUT2D eigenvalue weighted by molar-refractivity contribution is 0.366. The Balaban J connectivity index is 3.36. The number of nitrogens with zero attached hydrogens (tertiary/aromatic N) is 1. The maximum absolute atomic E-state index is 10.1. The van der Waals surface area contributed by atoms with E-state index in [-0.39, 0.29) is 0 Å². The molecular weight excluding hydrogens is 129 g/mol. The Labute approximate surface area is 47.3 Å². The van der Waals surface area contributed by atoms with Gasteiger partial charge >= 0.3 is 14.5 Å². The van der Waals surface area contributed by atoms with Gasteiger partial charge in [-0.25, -0.2) is 4.52 Å². The van der Waals surface area contributed by atoms with Crippen LogP contribution >= 0.6 is 8.25 Å². The van der Waals surface area contributed by atoms with E-state index in [1.165, 1.54) is 6.26 Å². The molecule has 0 bridgehead atoms. The molecule has 8 heavy (non-hydrogen) atoms. The Morgan fingerprint density at radius 1 is 1.88 bits per heavy atom. The van der Waals surface area contributed by atoms with Crippen LogP contribution in [0.25, 0.3) is 0 Å². The van der Waals surface area contributed by atoms with Crippen molar-refractivity contribution in [2.75, 3.05) is 0 Å². The van der Waals surface area contributed by atoms with Crippen molar-refractivity contribution in [1.82, 2.24) is 0 Å². The monoisotopic (exact) mass is 132 g/mol. The lowest BCUT2D eigenvalue weighted by atomic mass is 11.2. The highest BCUT2D eigenvalue weighted by Gasteiger charge is 2.18. The quantitative estimate of drug-likeness (QED) is 0.330. The minimum atomic E-state index is -2.31. The van der Waals surface area contributed by atoms with E-state index in [2.05, 4.69) is 15.6 Å². The van der Waals surface area contributed by atoms with Gasteiger partial charge in [0.25, 0.3) is 0 Å². The molecule has 0 radical (unpaired) electrons. The largest absolute Gasteiger partial charge is 0.816 e. The van der Waals surface area contributed by atoms with Gasteiger partial charge in [0.1, 0.15) is 6.26 Å². The molecule has 0 spiro atoms. The third-order valence-corrected chi connectivity index (χ3v) is 0.828. The van der Waals surface area contributed by atoms with Crippen LogP contribution in [0.5, 0.6) is 0 Å². The fourth-order valence-corrected chi connectivity index (χ4v) is 0.347. The van der Waals surface area contributed by atoms with Crippen molar-refractivity contribution in [3.05, 3.63) is 12.8 Å². The van der Waals surface area contributed by atoms with Gasteiger partial charge in [0, 0.05) is 4.57 Å². The molecule has 0 fully saturated rings. The molecular formula is C3H3NO3P+. The maximum atomic E-state index is 10.1. The summed E-state index contributed by atoms with van der Waals surface area (Å²) in [6.07, 6.45) is 2.14. The number of hydrogen-bond acceptors (Lipinski definition) is 4. The Morgan fingerprint density at radius 2 is 2.50 bits per heavy atom. The fraction of sp³-hybridized carbons (Fsp3) is 0.